The van der Waals surface area contributed by atoms with Crippen molar-refractivity contribution in [2.75, 3.05) is 13.1 Å². The molecule has 0 atom stereocenters. The van der Waals surface area contributed by atoms with E-state index in [2.05, 4.69) is 10.0 Å². The molecule has 0 aromatic heterocycles. The van der Waals surface area contributed by atoms with E-state index < -0.39 is 10.0 Å². The van der Waals surface area contributed by atoms with Gasteiger partial charge in [0.1, 0.15) is 0 Å². The Bertz CT molecular complexity index is 1070. The highest BCUT2D eigenvalue weighted by atomic mass is 32.2. The number of hydrogen-bond acceptors (Lipinski definition) is 3. The Morgan fingerprint density at radius 3 is 1.97 bits per heavy atom. The Morgan fingerprint density at radius 1 is 0.839 bits per heavy atom. The molecule has 0 saturated carbocycles. The minimum Gasteiger partial charge on any atom is -0.355 e. The molecule has 6 heteroatoms. The number of nitrogens with one attached hydrogen (secondary N) is 2. The zero-order valence-electron chi connectivity index (χ0n) is 17.8. The number of hydrogen-bond donors (Lipinski definition) is 2. The van der Waals surface area contributed by atoms with E-state index in [9.17, 15) is 13.2 Å². The van der Waals surface area contributed by atoms with E-state index in [0.717, 1.165) is 22.3 Å². The van der Waals surface area contributed by atoms with Crippen molar-refractivity contribution in [2.24, 2.45) is 0 Å². The van der Waals surface area contributed by atoms with Crippen LogP contribution in [0.4, 0.5) is 0 Å². The smallest absolute Gasteiger partial charge is 0.240 e. The van der Waals surface area contributed by atoms with Gasteiger partial charge in [-0.15, -0.1) is 0 Å². The molecule has 3 rings (SSSR count). The molecule has 0 fully saturated rings. The average molecular weight is 437 g/mol. The lowest BCUT2D eigenvalue weighted by Crippen LogP contribution is -2.33. The van der Waals surface area contributed by atoms with E-state index >= 15 is 0 Å². The highest BCUT2D eigenvalue weighted by molar-refractivity contribution is 7.89. The molecular formula is C25H28N2O3S. The molecule has 0 aliphatic rings. The van der Waals surface area contributed by atoms with E-state index in [-0.39, 0.29) is 29.7 Å². The van der Waals surface area contributed by atoms with Gasteiger partial charge in [0.05, 0.1) is 4.90 Å². The molecule has 0 aliphatic heterocycles. The van der Waals surface area contributed by atoms with Gasteiger partial charge in [-0.3, -0.25) is 4.79 Å². The molecule has 162 valence electrons. The summed E-state index contributed by atoms with van der Waals surface area (Å²) < 4.78 is 27.5. The molecule has 2 N–H and O–H groups in total. The molecule has 0 unspecified atom stereocenters. The highest BCUT2D eigenvalue weighted by Crippen LogP contribution is 2.23. The summed E-state index contributed by atoms with van der Waals surface area (Å²) in [6.07, 6.45) is 0.0698. The number of amides is 1. The molecule has 0 aliphatic carbocycles. The van der Waals surface area contributed by atoms with Crippen molar-refractivity contribution in [1.82, 2.24) is 10.0 Å². The Morgan fingerprint density at radius 2 is 1.42 bits per heavy atom. The first-order chi connectivity index (χ1) is 14.9. The Labute approximate surface area is 184 Å². The lowest BCUT2D eigenvalue weighted by molar-refractivity contribution is -0.120. The van der Waals surface area contributed by atoms with Crippen LogP contribution in [-0.2, 0) is 14.8 Å². The van der Waals surface area contributed by atoms with Gasteiger partial charge in [-0.05, 0) is 48.2 Å². The third-order valence-electron chi connectivity index (χ3n) is 5.34. The Hall–Kier alpha value is -2.96. The van der Waals surface area contributed by atoms with Gasteiger partial charge in [0.25, 0.3) is 0 Å². The van der Waals surface area contributed by atoms with Gasteiger partial charge >= 0.3 is 0 Å². The van der Waals surface area contributed by atoms with Gasteiger partial charge in [-0.2, -0.15) is 0 Å². The summed E-state index contributed by atoms with van der Waals surface area (Å²) in [4.78, 5) is 12.6. The first kappa shape index (κ1) is 22.7. The van der Waals surface area contributed by atoms with E-state index in [1.807, 2.05) is 74.5 Å². The minimum atomic E-state index is -3.64. The fraction of sp³-hybridized carbons (Fsp3) is 0.240. The maximum Gasteiger partial charge on any atom is 0.240 e. The summed E-state index contributed by atoms with van der Waals surface area (Å²) in [5.74, 6) is -0.168. The zero-order chi connectivity index (χ0) is 22.3. The van der Waals surface area contributed by atoms with Gasteiger partial charge < -0.3 is 5.32 Å². The van der Waals surface area contributed by atoms with Gasteiger partial charge in [0, 0.05) is 25.4 Å². The second-order valence-electron chi connectivity index (χ2n) is 7.57. The largest absolute Gasteiger partial charge is 0.355 e. The maximum atomic E-state index is 12.5. The van der Waals surface area contributed by atoms with Crippen LogP contribution in [0, 0.1) is 13.8 Å². The molecular weight excluding hydrogens is 408 g/mol. The van der Waals surface area contributed by atoms with E-state index in [0.29, 0.717) is 6.54 Å². The SMILES string of the molecule is Cc1ccc(S(=O)(=O)NCCC(=O)NCC(c2ccccc2)c2ccccc2)cc1C. The van der Waals surface area contributed by atoms with Crippen LogP contribution < -0.4 is 10.0 Å². The van der Waals surface area contributed by atoms with Crippen molar-refractivity contribution < 1.29 is 13.2 Å². The molecule has 3 aromatic carbocycles. The molecule has 0 heterocycles. The van der Waals surface area contributed by atoms with E-state index in [1.165, 1.54) is 0 Å². The number of carbonyl (C=O) groups is 1. The van der Waals surface area contributed by atoms with Crippen LogP contribution in [0.2, 0.25) is 0 Å². The third-order valence-corrected chi connectivity index (χ3v) is 6.80. The van der Waals surface area contributed by atoms with Crippen LogP contribution in [0.25, 0.3) is 0 Å². The lowest BCUT2D eigenvalue weighted by atomic mass is 9.91. The summed E-state index contributed by atoms with van der Waals surface area (Å²) in [6.45, 7) is 4.29. The fourth-order valence-corrected chi connectivity index (χ4v) is 4.48. The summed E-state index contributed by atoms with van der Waals surface area (Å²) in [5, 5.41) is 2.95. The van der Waals surface area contributed by atoms with Crippen molar-refractivity contribution in [2.45, 2.75) is 31.1 Å². The van der Waals surface area contributed by atoms with Crippen molar-refractivity contribution in [3.05, 3.63) is 101 Å². The van der Waals surface area contributed by atoms with Crippen molar-refractivity contribution in [3.8, 4) is 0 Å². The molecule has 0 bridgehead atoms. The second kappa shape index (κ2) is 10.4. The van der Waals surface area contributed by atoms with Crippen LogP contribution in [0.5, 0.6) is 0 Å². The number of sulfonamides is 1. The first-order valence-corrected chi connectivity index (χ1v) is 11.8. The maximum absolute atomic E-state index is 12.5. The summed E-state index contributed by atoms with van der Waals surface area (Å²) in [6, 6.07) is 25.0. The standard InChI is InChI=1S/C25H28N2O3S/c1-19-13-14-23(17-20(19)2)31(29,30)27-16-15-25(28)26-18-24(21-9-5-3-6-10-21)22-11-7-4-8-12-22/h3-14,17,24,27H,15-16,18H2,1-2H3,(H,26,28). The topological polar surface area (TPSA) is 75.3 Å². The Kier molecular flexibility index (Phi) is 7.60. The van der Waals surface area contributed by atoms with Crippen LogP contribution in [0.3, 0.4) is 0 Å². The molecule has 0 spiro atoms. The molecule has 5 nitrogen and oxygen atoms in total. The summed E-state index contributed by atoms with van der Waals surface area (Å²) in [7, 11) is -3.64. The lowest BCUT2D eigenvalue weighted by Gasteiger charge is -2.19. The van der Waals surface area contributed by atoms with Crippen LogP contribution in [-0.4, -0.2) is 27.4 Å². The van der Waals surface area contributed by atoms with Crippen LogP contribution in [0.1, 0.15) is 34.6 Å². The van der Waals surface area contributed by atoms with Gasteiger partial charge in [-0.1, -0.05) is 66.7 Å². The highest BCUT2D eigenvalue weighted by Gasteiger charge is 2.17. The number of benzene rings is 3. The second-order valence-corrected chi connectivity index (χ2v) is 9.34. The normalized spacial score (nSPS) is 11.5. The quantitative estimate of drug-likeness (QED) is 0.534. The Balaban J connectivity index is 1.56. The van der Waals surface area contributed by atoms with Crippen LogP contribution in [0.15, 0.2) is 83.8 Å². The van der Waals surface area contributed by atoms with Crippen molar-refractivity contribution in [3.63, 3.8) is 0 Å². The predicted octanol–water partition coefficient (Wildman–Crippen LogP) is 3.92. The van der Waals surface area contributed by atoms with Gasteiger partial charge in [0.2, 0.25) is 15.9 Å². The average Bonchev–Trinajstić information content (AvgIpc) is 2.77. The van der Waals surface area contributed by atoms with Crippen LogP contribution >= 0.6 is 0 Å². The molecule has 3 aromatic rings. The number of aryl methyl sites for hydroxylation is 2. The number of rotatable bonds is 9. The first-order valence-electron chi connectivity index (χ1n) is 10.3. The fourth-order valence-electron chi connectivity index (χ4n) is 3.37. The minimum absolute atomic E-state index is 0.0265. The van der Waals surface area contributed by atoms with Gasteiger partial charge in [-0.25, -0.2) is 13.1 Å². The number of carbonyl (C=O) groups excluding carboxylic acids is 1. The molecule has 1 amide bonds. The van der Waals surface area contributed by atoms with E-state index in [4.69, 9.17) is 0 Å². The summed E-state index contributed by atoms with van der Waals surface area (Å²) in [5.41, 5.74) is 4.17. The third kappa shape index (κ3) is 6.26. The molecule has 31 heavy (non-hydrogen) atoms. The molecule has 0 radical (unpaired) electrons. The predicted molar refractivity (Wildman–Crippen MR) is 123 cm³/mol. The molecule has 0 saturated heterocycles. The zero-order valence-corrected chi connectivity index (χ0v) is 18.7. The monoisotopic (exact) mass is 436 g/mol. The van der Waals surface area contributed by atoms with E-state index in [1.54, 1.807) is 18.2 Å². The summed E-state index contributed by atoms with van der Waals surface area (Å²) >= 11 is 0. The van der Waals surface area contributed by atoms with Crippen molar-refractivity contribution in [1.29, 1.82) is 0 Å². The van der Waals surface area contributed by atoms with Gasteiger partial charge in [0.15, 0.2) is 0 Å². The van der Waals surface area contributed by atoms with Crippen molar-refractivity contribution >= 4 is 15.9 Å².